The van der Waals surface area contributed by atoms with Crippen LogP contribution in [-0.2, 0) is 9.59 Å². The summed E-state index contributed by atoms with van der Waals surface area (Å²) in [4.78, 5) is 25.5. The number of nitrogens with zero attached hydrogens (tertiary/aromatic N) is 1. The molecule has 2 amide bonds. The Kier molecular flexibility index (Phi) is 3.34. The Morgan fingerprint density at radius 1 is 1.40 bits per heavy atom. The SMILES string of the molecule is CN1CC(NC(=O)C2CNc3ccccc32)CCC1=O. The molecule has 2 heterocycles. The second kappa shape index (κ2) is 5.15. The van der Waals surface area contributed by atoms with Crippen LogP contribution in [0.15, 0.2) is 24.3 Å². The lowest BCUT2D eigenvalue weighted by Crippen LogP contribution is -2.49. The number of likely N-dealkylation sites (N-methyl/N-ethyl adjacent to an activating group) is 1. The van der Waals surface area contributed by atoms with Gasteiger partial charge < -0.3 is 15.5 Å². The lowest BCUT2D eigenvalue weighted by Gasteiger charge is -2.30. The Hall–Kier alpha value is -2.04. The van der Waals surface area contributed by atoms with Gasteiger partial charge in [-0.2, -0.15) is 0 Å². The predicted molar refractivity (Wildman–Crippen MR) is 76.5 cm³/mol. The van der Waals surface area contributed by atoms with Crippen molar-refractivity contribution in [3.63, 3.8) is 0 Å². The number of anilines is 1. The average molecular weight is 273 g/mol. The van der Waals surface area contributed by atoms with E-state index >= 15 is 0 Å². The van der Waals surface area contributed by atoms with E-state index in [1.165, 1.54) is 0 Å². The number of para-hydroxylation sites is 1. The van der Waals surface area contributed by atoms with Crippen molar-refractivity contribution in [1.82, 2.24) is 10.2 Å². The minimum absolute atomic E-state index is 0.0511. The first-order valence-electron chi connectivity index (χ1n) is 7.02. The van der Waals surface area contributed by atoms with Crippen molar-refractivity contribution in [2.24, 2.45) is 0 Å². The molecule has 3 rings (SSSR count). The third-order valence-electron chi connectivity index (χ3n) is 4.12. The van der Waals surface area contributed by atoms with Crippen LogP contribution in [0.2, 0.25) is 0 Å². The average Bonchev–Trinajstić information content (AvgIpc) is 2.87. The van der Waals surface area contributed by atoms with E-state index in [-0.39, 0.29) is 23.8 Å². The van der Waals surface area contributed by atoms with E-state index < -0.39 is 0 Å². The minimum atomic E-state index is -0.130. The van der Waals surface area contributed by atoms with Gasteiger partial charge in [0.2, 0.25) is 11.8 Å². The summed E-state index contributed by atoms with van der Waals surface area (Å²) in [5.74, 6) is 0.0766. The number of benzene rings is 1. The van der Waals surface area contributed by atoms with Gasteiger partial charge in [0.05, 0.1) is 5.92 Å². The Morgan fingerprint density at radius 2 is 2.20 bits per heavy atom. The largest absolute Gasteiger partial charge is 0.384 e. The fraction of sp³-hybridized carbons (Fsp3) is 0.467. The number of piperidine rings is 1. The van der Waals surface area contributed by atoms with Gasteiger partial charge in [-0.1, -0.05) is 18.2 Å². The predicted octanol–water partition coefficient (Wildman–Crippen LogP) is 0.933. The van der Waals surface area contributed by atoms with E-state index in [2.05, 4.69) is 10.6 Å². The number of likely N-dealkylation sites (tertiary alicyclic amines) is 1. The molecule has 2 unspecified atom stereocenters. The fourth-order valence-corrected chi connectivity index (χ4v) is 2.95. The fourth-order valence-electron chi connectivity index (χ4n) is 2.95. The van der Waals surface area contributed by atoms with Crippen molar-refractivity contribution >= 4 is 17.5 Å². The maximum absolute atomic E-state index is 12.4. The van der Waals surface area contributed by atoms with Crippen LogP contribution in [0.25, 0.3) is 0 Å². The van der Waals surface area contributed by atoms with Crippen LogP contribution >= 0.6 is 0 Å². The van der Waals surface area contributed by atoms with Crippen LogP contribution in [0.4, 0.5) is 5.69 Å². The molecule has 0 bridgehead atoms. The summed E-state index contributed by atoms with van der Waals surface area (Å²) in [6, 6.07) is 7.98. The molecule has 20 heavy (non-hydrogen) atoms. The minimum Gasteiger partial charge on any atom is -0.384 e. The van der Waals surface area contributed by atoms with E-state index in [0.717, 1.165) is 17.7 Å². The molecular weight excluding hydrogens is 254 g/mol. The zero-order valence-electron chi connectivity index (χ0n) is 11.6. The summed E-state index contributed by atoms with van der Waals surface area (Å²) in [5.41, 5.74) is 2.11. The molecular formula is C15H19N3O2. The maximum atomic E-state index is 12.4. The first kappa shape index (κ1) is 13.0. The summed E-state index contributed by atoms with van der Waals surface area (Å²) in [6.45, 7) is 1.25. The highest BCUT2D eigenvalue weighted by atomic mass is 16.2. The van der Waals surface area contributed by atoms with Crippen LogP contribution in [0, 0.1) is 0 Å². The second-order valence-electron chi connectivity index (χ2n) is 5.54. The van der Waals surface area contributed by atoms with Crippen LogP contribution in [0.5, 0.6) is 0 Å². The molecule has 2 N–H and O–H groups in total. The van der Waals surface area contributed by atoms with Crippen LogP contribution in [-0.4, -0.2) is 42.9 Å². The van der Waals surface area contributed by atoms with Gasteiger partial charge in [-0.05, 0) is 18.1 Å². The summed E-state index contributed by atoms with van der Waals surface area (Å²) in [5, 5.41) is 6.34. The van der Waals surface area contributed by atoms with Crippen molar-refractivity contribution in [3.8, 4) is 0 Å². The lowest BCUT2D eigenvalue weighted by molar-refractivity contribution is -0.134. The molecule has 2 aliphatic rings. The van der Waals surface area contributed by atoms with Crippen LogP contribution < -0.4 is 10.6 Å². The molecule has 2 atom stereocenters. The van der Waals surface area contributed by atoms with Gasteiger partial charge in [-0.25, -0.2) is 0 Å². The first-order chi connectivity index (χ1) is 9.65. The highest BCUT2D eigenvalue weighted by Crippen LogP contribution is 2.31. The molecule has 0 aliphatic carbocycles. The smallest absolute Gasteiger partial charge is 0.229 e. The number of carbonyl (C=O) groups is 2. The standard InChI is InChI=1S/C15H19N3O2/c1-18-9-10(6-7-14(18)19)17-15(20)12-8-16-13-5-3-2-4-11(12)13/h2-5,10,12,16H,6-9H2,1H3,(H,17,20). The topological polar surface area (TPSA) is 61.4 Å². The van der Waals surface area contributed by atoms with Crippen molar-refractivity contribution in [1.29, 1.82) is 0 Å². The highest BCUT2D eigenvalue weighted by molar-refractivity contribution is 5.88. The molecule has 0 radical (unpaired) electrons. The van der Waals surface area contributed by atoms with E-state index in [1.54, 1.807) is 11.9 Å². The van der Waals surface area contributed by atoms with Gasteiger partial charge in [0.1, 0.15) is 0 Å². The van der Waals surface area contributed by atoms with E-state index in [1.807, 2.05) is 24.3 Å². The molecule has 1 aromatic carbocycles. The molecule has 106 valence electrons. The summed E-state index contributed by atoms with van der Waals surface area (Å²) in [7, 11) is 1.78. The molecule has 1 saturated heterocycles. The van der Waals surface area contributed by atoms with Crippen molar-refractivity contribution in [2.75, 3.05) is 25.5 Å². The maximum Gasteiger partial charge on any atom is 0.229 e. The van der Waals surface area contributed by atoms with Crippen molar-refractivity contribution < 1.29 is 9.59 Å². The Labute approximate surface area is 118 Å². The Bertz CT molecular complexity index is 544. The molecule has 0 saturated carbocycles. The van der Waals surface area contributed by atoms with Crippen LogP contribution in [0.1, 0.15) is 24.3 Å². The summed E-state index contributed by atoms with van der Waals surface area (Å²) in [6.07, 6.45) is 1.25. The molecule has 0 aromatic heterocycles. The Morgan fingerprint density at radius 3 is 3.00 bits per heavy atom. The molecule has 5 nitrogen and oxygen atoms in total. The number of hydrogen-bond donors (Lipinski definition) is 2. The van der Waals surface area contributed by atoms with E-state index in [9.17, 15) is 9.59 Å². The number of nitrogens with one attached hydrogen (secondary N) is 2. The van der Waals surface area contributed by atoms with E-state index in [0.29, 0.717) is 19.5 Å². The second-order valence-corrected chi connectivity index (χ2v) is 5.54. The molecule has 1 aromatic rings. The van der Waals surface area contributed by atoms with Gasteiger partial charge in [-0.15, -0.1) is 0 Å². The number of hydrogen-bond acceptors (Lipinski definition) is 3. The number of rotatable bonds is 2. The zero-order chi connectivity index (χ0) is 14.1. The number of carbonyl (C=O) groups excluding carboxylic acids is 2. The first-order valence-corrected chi connectivity index (χ1v) is 7.02. The van der Waals surface area contributed by atoms with Crippen molar-refractivity contribution in [2.45, 2.75) is 24.8 Å². The number of amides is 2. The normalized spacial score (nSPS) is 25.1. The van der Waals surface area contributed by atoms with Crippen molar-refractivity contribution in [3.05, 3.63) is 29.8 Å². The molecule has 0 spiro atoms. The van der Waals surface area contributed by atoms with E-state index in [4.69, 9.17) is 0 Å². The third kappa shape index (κ3) is 2.35. The molecule has 2 aliphatic heterocycles. The summed E-state index contributed by atoms with van der Waals surface area (Å²) >= 11 is 0. The van der Waals surface area contributed by atoms with Gasteiger partial charge in [0.15, 0.2) is 0 Å². The highest BCUT2D eigenvalue weighted by Gasteiger charge is 2.31. The third-order valence-corrected chi connectivity index (χ3v) is 4.12. The monoisotopic (exact) mass is 273 g/mol. The zero-order valence-corrected chi connectivity index (χ0v) is 11.6. The number of fused-ring (bicyclic) bond motifs is 1. The van der Waals surface area contributed by atoms with Gasteiger partial charge in [0, 0.05) is 38.3 Å². The quantitative estimate of drug-likeness (QED) is 0.843. The van der Waals surface area contributed by atoms with Gasteiger partial charge in [0.25, 0.3) is 0 Å². The molecule has 1 fully saturated rings. The molecule has 5 heteroatoms. The van der Waals surface area contributed by atoms with Gasteiger partial charge >= 0.3 is 0 Å². The Balaban J connectivity index is 1.65. The summed E-state index contributed by atoms with van der Waals surface area (Å²) < 4.78 is 0. The van der Waals surface area contributed by atoms with Gasteiger partial charge in [-0.3, -0.25) is 9.59 Å². The van der Waals surface area contributed by atoms with Crippen LogP contribution in [0.3, 0.4) is 0 Å². The lowest BCUT2D eigenvalue weighted by atomic mass is 9.99.